The summed E-state index contributed by atoms with van der Waals surface area (Å²) in [7, 11) is 0. The molecule has 3 N–H and O–H groups in total. The van der Waals surface area contributed by atoms with Crippen LogP contribution in [0.2, 0.25) is 0 Å². The van der Waals surface area contributed by atoms with Crippen molar-refractivity contribution in [2.24, 2.45) is 11.7 Å². The Hall–Kier alpha value is -0.780. The average molecular weight is 295 g/mol. The molecular weight excluding hydrogens is 275 g/mol. The van der Waals surface area contributed by atoms with Gasteiger partial charge in [0.05, 0.1) is 12.2 Å². The van der Waals surface area contributed by atoms with Crippen LogP contribution < -0.4 is 11.1 Å². The molecule has 1 aromatic heterocycles. The lowest BCUT2D eigenvalue weighted by molar-refractivity contribution is -0.125. The van der Waals surface area contributed by atoms with Crippen molar-refractivity contribution in [3.05, 3.63) is 18.7 Å². The Kier molecular flexibility index (Phi) is 7.98. The summed E-state index contributed by atoms with van der Waals surface area (Å²) in [6.07, 6.45) is 8.33. The monoisotopic (exact) mass is 294 g/mol. The number of carbonyl (C=O) groups is 1. The third-order valence-electron chi connectivity index (χ3n) is 3.13. The van der Waals surface area contributed by atoms with Crippen molar-refractivity contribution in [3.63, 3.8) is 0 Å². The molecule has 1 heterocycles. The average Bonchev–Trinajstić information content (AvgIpc) is 2.88. The van der Waals surface area contributed by atoms with E-state index < -0.39 is 0 Å². The van der Waals surface area contributed by atoms with E-state index in [4.69, 9.17) is 5.73 Å². The van der Waals surface area contributed by atoms with Crippen LogP contribution in [0.25, 0.3) is 0 Å². The zero-order valence-electron chi connectivity index (χ0n) is 10.1. The summed E-state index contributed by atoms with van der Waals surface area (Å²) in [5, 5.41) is 2.93. The van der Waals surface area contributed by atoms with E-state index in [0.717, 1.165) is 25.8 Å². The van der Waals surface area contributed by atoms with Gasteiger partial charge in [0.25, 0.3) is 0 Å². The highest BCUT2D eigenvalue weighted by Gasteiger charge is 2.29. The van der Waals surface area contributed by atoms with Gasteiger partial charge in [-0.15, -0.1) is 24.8 Å². The highest BCUT2D eigenvalue weighted by atomic mass is 35.5. The van der Waals surface area contributed by atoms with Gasteiger partial charge in [-0.2, -0.15) is 0 Å². The highest BCUT2D eigenvalue weighted by Crippen LogP contribution is 2.23. The summed E-state index contributed by atoms with van der Waals surface area (Å²) >= 11 is 0. The maximum atomic E-state index is 11.8. The van der Waals surface area contributed by atoms with Crippen molar-refractivity contribution >= 4 is 30.7 Å². The molecule has 5 nitrogen and oxygen atoms in total. The Morgan fingerprint density at radius 2 is 2.22 bits per heavy atom. The number of nitrogens with zero attached hydrogens (tertiary/aromatic N) is 2. The van der Waals surface area contributed by atoms with Gasteiger partial charge in [-0.25, -0.2) is 4.98 Å². The number of imidazole rings is 1. The van der Waals surface area contributed by atoms with Gasteiger partial charge in [-0.05, 0) is 12.8 Å². The molecule has 2 unspecified atom stereocenters. The number of rotatable bonds is 4. The molecule has 0 aromatic carbocycles. The predicted octanol–water partition coefficient (Wildman–Crippen LogP) is 0.970. The highest BCUT2D eigenvalue weighted by molar-refractivity contribution is 5.85. The van der Waals surface area contributed by atoms with Gasteiger partial charge in [0.1, 0.15) is 0 Å². The van der Waals surface area contributed by atoms with E-state index in [2.05, 4.69) is 10.3 Å². The van der Waals surface area contributed by atoms with Gasteiger partial charge in [0.2, 0.25) is 5.91 Å². The van der Waals surface area contributed by atoms with Crippen LogP contribution in [0.3, 0.4) is 0 Å². The second kappa shape index (κ2) is 8.34. The molecule has 18 heavy (non-hydrogen) atoms. The van der Waals surface area contributed by atoms with Crippen LogP contribution in [-0.2, 0) is 11.3 Å². The number of halogens is 2. The van der Waals surface area contributed by atoms with Crippen molar-refractivity contribution in [1.82, 2.24) is 14.9 Å². The normalized spacial score (nSPS) is 21.8. The molecule has 1 aromatic rings. The fourth-order valence-corrected chi connectivity index (χ4v) is 2.17. The minimum absolute atomic E-state index is 0. The molecule has 1 fully saturated rings. The van der Waals surface area contributed by atoms with Crippen LogP contribution >= 0.6 is 24.8 Å². The van der Waals surface area contributed by atoms with Crippen molar-refractivity contribution in [1.29, 1.82) is 0 Å². The van der Waals surface area contributed by atoms with E-state index in [1.54, 1.807) is 12.5 Å². The van der Waals surface area contributed by atoms with Crippen LogP contribution in [0.1, 0.15) is 19.3 Å². The Labute approximate surface area is 119 Å². The SMILES string of the molecule is Cl.Cl.NC1CCCC1C(=O)NCCn1ccnc1. The van der Waals surface area contributed by atoms with E-state index in [1.165, 1.54) is 0 Å². The van der Waals surface area contributed by atoms with E-state index in [9.17, 15) is 4.79 Å². The fraction of sp³-hybridized carbons (Fsp3) is 0.636. The first-order valence-electron chi connectivity index (χ1n) is 5.76. The number of carbonyl (C=O) groups excluding carboxylic acids is 1. The number of hydrogen-bond donors (Lipinski definition) is 2. The van der Waals surface area contributed by atoms with Crippen LogP contribution in [0.5, 0.6) is 0 Å². The topological polar surface area (TPSA) is 72.9 Å². The lowest BCUT2D eigenvalue weighted by atomic mass is 10.0. The summed E-state index contributed by atoms with van der Waals surface area (Å²) < 4.78 is 1.94. The summed E-state index contributed by atoms with van der Waals surface area (Å²) in [5.41, 5.74) is 5.87. The summed E-state index contributed by atoms with van der Waals surface area (Å²) in [4.78, 5) is 15.7. The maximum absolute atomic E-state index is 11.8. The minimum Gasteiger partial charge on any atom is -0.354 e. The Balaban J connectivity index is 0.00000144. The number of hydrogen-bond acceptors (Lipinski definition) is 3. The molecular formula is C11H20Cl2N4O. The molecule has 1 saturated carbocycles. The molecule has 1 aliphatic carbocycles. The molecule has 1 amide bonds. The van der Waals surface area contributed by atoms with Gasteiger partial charge in [0.15, 0.2) is 0 Å². The molecule has 0 saturated heterocycles. The van der Waals surface area contributed by atoms with Gasteiger partial charge >= 0.3 is 0 Å². The number of amides is 1. The van der Waals surface area contributed by atoms with Crippen LogP contribution in [-0.4, -0.2) is 28.0 Å². The van der Waals surface area contributed by atoms with Gasteiger partial charge < -0.3 is 15.6 Å². The van der Waals surface area contributed by atoms with Crippen LogP contribution in [0, 0.1) is 5.92 Å². The lowest BCUT2D eigenvalue weighted by Crippen LogP contribution is -2.39. The van der Waals surface area contributed by atoms with Crippen LogP contribution in [0.4, 0.5) is 0 Å². The fourth-order valence-electron chi connectivity index (χ4n) is 2.17. The number of nitrogens with one attached hydrogen (secondary N) is 1. The van der Waals surface area contributed by atoms with Crippen molar-refractivity contribution in [2.45, 2.75) is 31.8 Å². The molecule has 104 valence electrons. The van der Waals surface area contributed by atoms with E-state index in [-0.39, 0.29) is 42.7 Å². The smallest absolute Gasteiger partial charge is 0.224 e. The first kappa shape index (κ1) is 17.2. The molecule has 0 aliphatic heterocycles. The Morgan fingerprint density at radius 1 is 1.44 bits per heavy atom. The zero-order chi connectivity index (χ0) is 11.4. The molecule has 2 rings (SSSR count). The molecule has 2 atom stereocenters. The summed E-state index contributed by atoms with van der Waals surface area (Å²) in [5.74, 6) is 0.118. The summed E-state index contributed by atoms with van der Waals surface area (Å²) in [6.45, 7) is 1.39. The van der Waals surface area contributed by atoms with Crippen molar-refractivity contribution in [3.8, 4) is 0 Å². The van der Waals surface area contributed by atoms with Crippen LogP contribution in [0.15, 0.2) is 18.7 Å². The second-order valence-corrected chi connectivity index (χ2v) is 4.29. The maximum Gasteiger partial charge on any atom is 0.224 e. The quantitative estimate of drug-likeness (QED) is 0.869. The molecule has 7 heteroatoms. The van der Waals surface area contributed by atoms with Gasteiger partial charge in [-0.3, -0.25) is 4.79 Å². The van der Waals surface area contributed by atoms with Gasteiger partial charge in [0, 0.05) is 31.5 Å². The first-order valence-corrected chi connectivity index (χ1v) is 5.76. The van der Waals surface area contributed by atoms with E-state index in [1.807, 2.05) is 10.8 Å². The standard InChI is InChI=1S/C11H18N4O.2ClH/c12-10-3-1-2-9(10)11(16)14-5-7-15-6-4-13-8-15;;/h4,6,8-10H,1-3,5,7,12H2,(H,14,16);2*1H. The van der Waals surface area contributed by atoms with E-state index >= 15 is 0 Å². The Morgan fingerprint density at radius 3 is 2.78 bits per heavy atom. The third kappa shape index (κ3) is 4.48. The van der Waals surface area contributed by atoms with Crippen molar-refractivity contribution in [2.75, 3.05) is 6.54 Å². The minimum atomic E-state index is 0. The lowest BCUT2D eigenvalue weighted by Gasteiger charge is -2.15. The molecule has 0 bridgehead atoms. The molecule has 1 aliphatic rings. The summed E-state index contributed by atoms with van der Waals surface area (Å²) in [6, 6.07) is 0.0493. The predicted molar refractivity (Wildman–Crippen MR) is 75.0 cm³/mol. The van der Waals surface area contributed by atoms with Gasteiger partial charge in [-0.1, -0.05) is 6.42 Å². The Bertz CT molecular complexity index is 345. The van der Waals surface area contributed by atoms with Crippen molar-refractivity contribution < 1.29 is 4.79 Å². The molecule has 0 radical (unpaired) electrons. The molecule has 0 spiro atoms. The number of nitrogens with two attached hydrogens (primary N) is 1. The zero-order valence-corrected chi connectivity index (χ0v) is 11.8. The second-order valence-electron chi connectivity index (χ2n) is 4.29. The third-order valence-corrected chi connectivity index (χ3v) is 3.13. The first-order chi connectivity index (χ1) is 7.77. The van der Waals surface area contributed by atoms with E-state index in [0.29, 0.717) is 6.54 Å². The number of aromatic nitrogens is 2. The largest absolute Gasteiger partial charge is 0.354 e.